The Morgan fingerprint density at radius 2 is 1.97 bits per heavy atom. The minimum absolute atomic E-state index is 0.0986. The fourth-order valence-corrected chi connectivity index (χ4v) is 3.62. The lowest BCUT2D eigenvalue weighted by atomic mass is 10.1. The molecule has 7 nitrogen and oxygen atoms in total. The summed E-state index contributed by atoms with van der Waals surface area (Å²) in [5.41, 5.74) is 1.61. The monoisotopic (exact) mass is 439 g/mol. The van der Waals surface area contributed by atoms with Crippen LogP contribution in [0.4, 0.5) is 10.1 Å². The number of rotatable bonds is 9. The number of guanidine groups is 1. The second kappa shape index (κ2) is 11.8. The van der Waals surface area contributed by atoms with Crippen LogP contribution in [0.5, 0.6) is 0 Å². The van der Waals surface area contributed by atoms with Crippen molar-refractivity contribution in [2.75, 3.05) is 38.0 Å². The summed E-state index contributed by atoms with van der Waals surface area (Å²) in [6.45, 7) is 4.49. The zero-order valence-corrected chi connectivity index (χ0v) is 18.3. The average Bonchev–Trinajstić information content (AvgIpc) is 3.14. The summed E-state index contributed by atoms with van der Waals surface area (Å²) >= 11 is 0. The summed E-state index contributed by atoms with van der Waals surface area (Å²) in [6.07, 6.45) is 1.35. The third-order valence-corrected chi connectivity index (χ3v) is 5.20. The first-order valence-corrected chi connectivity index (χ1v) is 10.9. The Kier molecular flexibility index (Phi) is 8.60. The Morgan fingerprint density at radius 3 is 2.72 bits per heavy atom. The van der Waals surface area contributed by atoms with Crippen LogP contribution in [0.3, 0.4) is 0 Å². The van der Waals surface area contributed by atoms with Gasteiger partial charge in [-0.15, -0.1) is 0 Å². The topological polar surface area (TPSA) is 85.8 Å². The Bertz CT molecular complexity index is 935. The molecule has 0 spiro atoms. The van der Waals surface area contributed by atoms with E-state index in [0.717, 1.165) is 6.42 Å². The van der Waals surface area contributed by atoms with Crippen LogP contribution in [0.1, 0.15) is 18.9 Å². The maximum Gasteiger partial charge on any atom is 0.246 e. The molecule has 1 unspecified atom stereocenters. The molecule has 2 aromatic carbocycles. The molecule has 1 aliphatic rings. The largest absolute Gasteiger partial charge is 0.357 e. The SMILES string of the molecule is CCNC(=NCC(=O)Nc1cccc(F)c1)NCC1CC(=O)N(CCc2ccccc2)C1. The minimum Gasteiger partial charge on any atom is -0.357 e. The van der Waals surface area contributed by atoms with Gasteiger partial charge in [-0.25, -0.2) is 9.38 Å². The lowest BCUT2D eigenvalue weighted by Crippen LogP contribution is -2.41. The van der Waals surface area contributed by atoms with E-state index < -0.39 is 5.82 Å². The van der Waals surface area contributed by atoms with E-state index >= 15 is 0 Å². The van der Waals surface area contributed by atoms with Crippen LogP contribution < -0.4 is 16.0 Å². The number of hydrogen-bond donors (Lipinski definition) is 3. The third kappa shape index (κ3) is 7.37. The molecule has 0 bridgehead atoms. The molecular formula is C24H30FN5O2. The summed E-state index contributed by atoms with van der Waals surface area (Å²) in [5.74, 6) is 0.116. The Balaban J connectivity index is 1.45. The Morgan fingerprint density at radius 1 is 1.16 bits per heavy atom. The second-order valence-corrected chi connectivity index (χ2v) is 7.78. The van der Waals surface area contributed by atoms with Gasteiger partial charge in [-0.05, 0) is 37.1 Å². The maximum absolute atomic E-state index is 13.2. The molecule has 8 heteroatoms. The van der Waals surface area contributed by atoms with Gasteiger partial charge in [-0.1, -0.05) is 36.4 Å². The molecular weight excluding hydrogens is 409 g/mol. The van der Waals surface area contributed by atoms with E-state index in [0.29, 0.717) is 44.2 Å². The van der Waals surface area contributed by atoms with Gasteiger partial charge in [-0.2, -0.15) is 0 Å². The Hall–Kier alpha value is -3.42. The number of likely N-dealkylation sites (tertiary alicyclic amines) is 1. The van der Waals surface area contributed by atoms with Crippen LogP contribution in [0.15, 0.2) is 59.6 Å². The molecule has 1 aliphatic heterocycles. The van der Waals surface area contributed by atoms with Gasteiger partial charge in [0.25, 0.3) is 0 Å². The van der Waals surface area contributed by atoms with Crippen molar-refractivity contribution in [1.82, 2.24) is 15.5 Å². The van der Waals surface area contributed by atoms with Crippen molar-refractivity contribution in [2.24, 2.45) is 10.9 Å². The van der Waals surface area contributed by atoms with E-state index in [1.165, 1.54) is 23.8 Å². The van der Waals surface area contributed by atoms with Crippen LogP contribution in [0.2, 0.25) is 0 Å². The summed E-state index contributed by atoms with van der Waals surface area (Å²) < 4.78 is 13.2. The van der Waals surface area contributed by atoms with Crippen molar-refractivity contribution in [1.29, 1.82) is 0 Å². The highest BCUT2D eigenvalue weighted by Gasteiger charge is 2.29. The number of carbonyl (C=O) groups is 2. The predicted molar refractivity (Wildman–Crippen MR) is 124 cm³/mol. The molecule has 1 heterocycles. The first kappa shape index (κ1) is 23.2. The lowest BCUT2D eigenvalue weighted by Gasteiger charge is -2.18. The van der Waals surface area contributed by atoms with E-state index in [-0.39, 0.29) is 24.3 Å². The molecule has 1 saturated heterocycles. The highest BCUT2D eigenvalue weighted by molar-refractivity contribution is 5.94. The molecule has 170 valence electrons. The number of aliphatic imine (C=N–C) groups is 1. The standard InChI is InChI=1S/C24H30FN5O2/c1-2-26-24(28-16-22(31)29-21-10-6-9-20(25)14-21)27-15-19-13-23(32)30(17-19)12-11-18-7-4-3-5-8-18/h3-10,14,19H,2,11-13,15-17H2,1H3,(H,29,31)(H2,26,27,28). The molecule has 1 atom stereocenters. The first-order chi connectivity index (χ1) is 15.5. The molecule has 2 aromatic rings. The van der Waals surface area contributed by atoms with Gasteiger partial charge in [0.1, 0.15) is 12.4 Å². The predicted octanol–water partition coefficient (Wildman–Crippen LogP) is 2.41. The second-order valence-electron chi connectivity index (χ2n) is 7.78. The Labute approximate surface area is 188 Å². The van der Waals surface area contributed by atoms with Crippen molar-refractivity contribution in [3.63, 3.8) is 0 Å². The molecule has 2 amide bonds. The number of anilines is 1. The number of carbonyl (C=O) groups excluding carboxylic acids is 2. The van der Waals surface area contributed by atoms with Crippen molar-refractivity contribution >= 4 is 23.5 Å². The van der Waals surface area contributed by atoms with Gasteiger partial charge >= 0.3 is 0 Å². The van der Waals surface area contributed by atoms with Crippen LogP contribution >= 0.6 is 0 Å². The van der Waals surface area contributed by atoms with Gasteiger partial charge < -0.3 is 20.9 Å². The maximum atomic E-state index is 13.2. The fourth-order valence-electron chi connectivity index (χ4n) is 3.62. The quantitative estimate of drug-likeness (QED) is 0.414. The number of hydrogen-bond acceptors (Lipinski definition) is 3. The zero-order chi connectivity index (χ0) is 22.8. The number of benzene rings is 2. The van der Waals surface area contributed by atoms with E-state index in [1.807, 2.05) is 30.0 Å². The normalized spacial score (nSPS) is 16.2. The molecule has 0 aliphatic carbocycles. The summed E-state index contributed by atoms with van der Waals surface area (Å²) in [7, 11) is 0. The van der Waals surface area contributed by atoms with Crippen molar-refractivity contribution in [3.05, 3.63) is 66.0 Å². The number of nitrogens with zero attached hydrogens (tertiary/aromatic N) is 2. The fraction of sp³-hybridized carbons (Fsp3) is 0.375. The van der Waals surface area contributed by atoms with E-state index in [1.54, 1.807) is 6.07 Å². The summed E-state index contributed by atoms with van der Waals surface area (Å²) in [6, 6.07) is 15.9. The number of nitrogens with one attached hydrogen (secondary N) is 3. The van der Waals surface area contributed by atoms with Crippen molar-refractivity contribution < 1.29 is 14.0 Å². The van der Waals surface area contributed by atoms with Crippen LogP contribution in [-0.2, 0) is 16.0 Å². The van der Waals surface area contributed by atoms with Crippen LogP contribution in [-0.4, -0.2) is 55.4 Å². The van der Waals surface area contributed by atoms with Crippen LogP contribution in [0.25, 0.3) is 0 Å². The summed E-state index contributed by atoms with van der Waals surface area (Å²) in [5, 5.41) is 8.95. The minimum atomic E-state index is -0.412. The van der Waals surface area contributed by atoms with Gasteiger partial charge in [0.05, 0.1) is 0 Å². The smallest absolute Gasteiger partial charge is 0.246 e. The molecule has 3 N–H and O–H groups in total. The zero-order valence-electron chi connectivity index (χ0n) is 18.3. The van der Waals surface area contributed by atoms with Crippen molar-refractivity contribution in [2.45, 2.75) is 19.8 Å². The lowest BCUT2D eigenvalue weighted by molar-refractivity contribution is -0.127. The first-order valence-electron chi connectivity index (χ1n) is 10.9. The van der Waals surface area contributed by atoms with E-state index in [9.17, 15) is 14.0 Å². The van der Waals surface area contributed by atoms with E-state index in [4.69, 9.17) is 0 Å². The third-order valence-electron chi connectivity index (χ3n) is 5.20. The van der Waals surface area contributed by atoms with Crippen molar-refractivity contribution in [3.8, 4) is 0 Å². The highest BCUT2D eigenvalue weighted by Crippen LogP contribution is 2.17. The van der Waals surface area contributed by atoms with E-state index in [2.05, 4.69) is 33.1 Å². The number of halogens is 1. The number of amides is 2. The molecule has 0 aromatic heterocycles. The van der Waals surface area contributed by atoms with Crippen LogP contribution in [0, 0.1) is 11.7 Å². The summed E-state index contributed by atoms with van der Waals surface area (Å²) in [4.78, 5) is 30.7. The molecule has 3 rings (SSSR count). The van der Waals surface area contributed by atoms with Gasteiger partial charge in [0, 0.05) is 44.2 Å². The van der Waals surface area contributed by atoms with Gasteiger partial charge in [0.2, 0.25) is 11.8 Å². The molecule has 0 saturated carbocycles. The molecule has 1 fully saturated rings. The van der Waals surface area contributed by atoms with Gasteiger partial charge in [-0.3, -0.25) is 9.59 Å². The molecule has 32 heavy (non-hydrogen) atoms. The highest BCUT2D eigenvalue weighted by atomic mass is 19.1. The average molecular weight is 440 g/mol. The van der Waals surface area contributed by atoms with Gasteiger partial charge in [0.15, 0.2) is 5.96 Å². The molecule has 0 radical (unpaired) electrons.